The molecule has 98 valence electrons. The summed E-state index contributed by atoms with van der Waals surface area (Å²) in [7, 11) is 0. The highest BCUT2D eigenvalue weighted by atomic mass is 35.5. The van der Waals surface area contributed by atoms with Crippen molar-refractivity contribution in [3.05, 3.63) is 71.3 Å². The third-order valence-electron chi connectivity index (χ3n) is 2.92. The Kier molecular flexibility index (Phi) is 4.58. The molecule has 0 bridgehead atoms. The number of benzene rings is 2. The van der Waals surface area contributed by atoms with E-state index in [0.717, 1.165) is 11.1 Å². The van der Waals surface area contributed by atoms with Gasteiger partial charge in [0.25, 0.3) is 5.91 Å². The first-order valence-electron chi connectivity index (χ1n) is 6.20. The van der Waals surface area contributed by atoms with E-state index in [1.807, 2.05) is 61.5 Å². The monoisotopic (exact) mass is 273 g/mol. The van der Waals surface area contributed by atoms with Crippen molar-refractivity contribution in [2.24, 2.45) is 0 Å². The summed E-state index contributed by atoms with van der Waals surface area (Å²) in [6.45, 7) is 2.41. The van der Waals surface area contributed by atoms with Gasteiger partial charge >= 0.3 is 0 Å². The first-order valence-corrected chi connectivity index (χ1v) is 6.64. The maximum absolute atomic E-state index is 11.9. The van der Waals surface area contributed by atoms with Crippen molar-refractivity contribution in [3.8, 4) is 0 Å². The van der Waals surface area contributed by atoms with E-state index in [1.165, 1.54) is 0 Å². The normalized spacial score (nSPS) is 11.9. The van der Waals surface area contributed by atoms with Crippen molar-refractivity contribution in [1.82, 2.24) is 5.32 Å². The lowest BCUT2D eigenvalue weighted by Crippen LogP contribution is -2.26. The van der Waals surface area contributed by atoms with Crippen LogP contribution in [0.1, 0.15) is 26.9 Å². The Morgan fingerprint density at radius 1 is 1.11 bits per heavy atom. The van der Waals surface area contributed by atoms with Gasteiger partial charge in [0.15, 0.2) is 0 Å². The smallest absolute Gasteiger partial charge is 0.251 e. The van der Waals surface area contributed by atoms with Gasteiger partial charge in [-0.2, -0.15) is 0 Å². The van der Waals surface area contributed by atoms with Crippen LogP contribution in [0.5, 0.6) is 0 Å². The summed E-state index contributed by atoms with van der Waals surface area (Å²) >= 11 is 6.25. The molecule has 0 aliphatic rings. The Morgan fingerprint density at radius 2 is 1.74 bits per heavy atom. The van der Waals surface area contributed by atoms with E-state index >= 15 is 0 Å². The molecule has 0 aliphatic heterocycles. The first kappa shape index (κ1) is 13.6. The van der Waals surface area contributed by atoms with Crippen LogP contribution in [-0.2, 0) is 0 Å². The Bertz CT molecular complexity index is 536. The maximum Gasteiger partial charge on any atom is 0.251 e. The summed E-state index contributed by atoms with van der Waals surface area (Å²) < 4.78 is 0. The molecule has 3 heteroatoms. The van der Waals surface area contributed by atoms with Crippen molar-refractivity contribution in [2.45, 2.75) is 12.3 Å². The molecule has 1 N–H and O–H groups in total. The van der Waals surface area contributed by atoms with Gasteiger partial charge in [0.1, 0.15) is 0 Å². The third kappa shape index (κ3) is 3.83. The average Bonchev–Trinajstić information content (AvgIpc) is 2.46. The number of halogens is 1. The molecule has 2 nitrogen and oxygen atoms in total. The van der Waals surface area contributed by atoms with Crippen LogP contribution in [0.2, 0.25) is 0 Å². The van der Waals surface area contributed by atoms with Gasteiger partial charge in [-0.15, -0.1) is 11.6 Å². The van der Waals surface area contributed by atoms with Gasteiger partial charge in [-0.1, -0.05) is 48.0 Å². The van der Waals surface area contributed by atoms with Gasteiger partial charge in [-0.25, -0.2) is 0 Å². The van der Waals surface area contributed by atoms with Crippen molar-refractivity contribution in [1.29, 1.82) is 0 Å². The zero-order valence-corrected chi connectivity index (χ0v) is 11.5. The van der Waals surface area contributed by atoms with Crippen LogP contribution >= 0.6 is 11.6 Å². The average molecular weight is 274 g/mol. The van der Waals surface area contributed by atoms with Crippen LogP contribution in [0.3, 0.4) is 0 Å². The molecular weight excluding hydrogens is 258 g/mol. The molecule has 0 spiro atoms. The van der Waals surface area contributed by atoms with Crippen molar-refractivity contribution < 1.29 is 4.79 Å². The molecule has 2 aromatic carbocycles. The van der Waals surface area contributed by atoms with Gasteiger partial charge < -0.3 is 5.32 Å². The molecule has 0 fully saturated rings. The molecule has 19 heavy (non-hydrogen) atoms. The van der Waals surface area contributed by atoms with Crippen LogP contribution in [-0.4, -0.2) is 12.5 Å². The van der Waals surface area contributed by atoms with E-state index in [-0.39, 0.29) is 11.3 Å². The summed E-state index contributed by atoms with van der Waals surface area (Å²) in [6.07, 6.45) is 0. The van der Waals surface area contributed by atoms with E-state index in [0.29, 0.717) is 12.1 Å². The molecule has 1 amide bonds. The first-order chi connectivity index (χ1) is 9.16. The van der Waals surface area contributed by atoms with E-state index in [4.69, 9.17) is 11.6 Å². The number of nitrogens with one attached hydrogen (secondary N) is 1. The minimum Gasteiger partial charge on any atom is -0.350 e. The lowest BCUT2D eigenvalue weighted by molar-refractivity contribution is 0.0953. The molecule has 0 heterocycles. The van der Waals surface area contributed by atoms with E-state index in [2.05, 4.69) is 5.32 Å². The topological polar surface area (TPSA) is 29.1 Å². The number of aryl methyl sites for hydroxylation is 1. The second-order valence-electron chi connectivity index (χ2n) is 4.45. The van der Waals surface area contributed by atoms with Crippen molar-refractivity contribution in [2.75, 3.05) is 6.54 Å². The van der Waals surface area contributed by atoms with Crippen LogP contribution < -0.4 is 5.32 Å². The maximum atomic E-state index is 11.9. The van der Waals surface area contributed by atoms with Gasteiger partial charge in [0.2, 0.25) is 0 Å². The molecular formula is C16H16ClNO. The summed E-state index contributed by atoms with van der Waals surface area (Å²) in [6, 6.07) is 17.2. The quantitative estimate of drug-likeness (QED) is 0.846. The van der Waals surface area contributed by atoms with E-state index in [1.54, 1.807) is 0 Å². The standard InChI is InChI=1S/C16H16ClNO/c1-12-7-9-14(10-8-12)16(19)18-11-15(17)13-5-3-2-4-6-13/h2-10,15H,11H2,1H3,(H,18,19). The van der Waals surface area contributed by atoms with Gasteiger partial charge in [-0.3, -0.25) is 4.79 Å². The number of amides is 1. The second-order valence-corrected chi connectivity index (χ2v) is 4.98. The number of carbonyl (C=O) groups is 1. The number of carbonyl (C=O) groups excluding carboxylic acids is 1. The fourth-order valence-electron chi connectivity index (χ4n) is 1.77. The molecule has 2 aromatic rings. The molecule has 0 aromatic heterocycles. The lowest BCUT2D eigenvalue weighted by atomic mass is 10.1. The summed E-state index contributed by atoms with van der Waals surface area (Å²) in [5, 5.41) is 2.63. The predicted octanol–water partition coefficient (Wildman–Crippen LogP) is 3.70. The number of hydrogen-bond acceptors (Lipinski definition) is 1. The second kappa shape index (κ2) is 6.39. The minimum absolute atomic E-state index is 0.0958. The fraction of sp³-hybridized carbons (Fsp3) is 0.188. The molecule has 0 saturated heterocycles. The van der Waals surface area contributed by atoms with Crippen LogP contribution in [0.15, 0.2) is 54.6 Å². The summed E-state index contributed by atoms with van der Waals surface area (Å²) in [5.41, 5.74) is 2.80. The Morgan fingerprint density at radius 3 is 2.37 bits per heavy atom. The molecule has 0 saturated carbocycles. The zero-order chi connectivity index (χ0) is 13.7. The highest BCUT2D eigenvalue weighted by molar-refractivity contribution is 6.21. The molecule has 1 unspecified atom stereocenters. The number of rotatable bonds is 4. The Balaban J connectivity index is 1.92. The van der Waals surface area contributed by atoms with E-state index in [9.17, 15) is 4.79 Å². The van der Waals surface area contributed by atoms with Crippen molar-refractivity contribution in [3.63, 3.8) is 0 Å². The van der Waals surface area contributed by atoms with Gasteiger partial charge in [-0.05, 0) is 24.6 Å². The highest BCUT2D eigenvalue weighted by Gasteiger charge is 2.10. The highest BCUT2D eigenvalue weighted by Crippen LogP contribution is 2.18. The zero-order valence-electron chi connectivity index (χ0n) is 10.8. The summed E-state index contributed by atoms with van der Waals surface area (Å²) in [5.74, 6) is -0.0958. The lowest BCUT2D eigenvalue weighted by Gasteiger charge is -2.11. The molecule has 2 rings (SSSR count). The van der Waals surface area contributed by atoms with Crippen LogP contribution in [0.25, 0.3) is 0 Å². The molecule has 0 aliphatic carbocycles. The minimum atomic E-state index is -0.212. The van der Waals surface area contributed by atoms with Crippen LogP contribution in [0, 0.1) is 6.92 Å². The molecule has 1 atom stereocenters. The fourth-order valence-corrected chi connectivity index (χ4v) is 1.99. The Hall–Kier alpha value is -1.80. The van der Waals surface area contributed by atoms with Gasteiger partial charge in [0, 0.05) is 12.1 Å². The number of alkyl halides is 1. The van der Waals surface area contributed by atoms with Gasteiger partial charge in [0.05, 0.1) is 5.38 Å². The van der Waals surface area contributed by atoms with Crippen LogP contribution in [0.4, 0.5) is 0 Å². The Labute approximate surface area is 118 Å². The molecule has 0 radical (unpaired) electrons. The number of hydrogen-bond donors (Lipinski definition) is 1. The predicted molar refractivity (Wildman–Crippen MR) is 78.5 cm³/mol. The third-order valence-corrected chi connectivity index (χ3v) is 3.32. The summed E-state index contributed by atoms with van der Waals surface area (Å²) in [4.78, 5) is 11.9. The SMILES string of the molecule is Cc1ccc(C(=O)NCC(Cl)c2ccccc2)cc1. The van der Waals surface area contributed by atoms with Crippen molar-refractivity contribution >= 4 is 17.5 Å². The largest absolute Gasteiger partial charge is 0.350 e. The van der Waals surface area contributed by atoms with E-state index < -0.39 is 0 Å².